The summed E-state index contributed by atoms with van der Waals surface area (Å²) < 4.78 is 0. The first-order valence-electron chi connectivity index (χ1n) is 5.61. The molecule has 6 heteroatoms. The first-order valence-corrected chi connectivity index (χ1v) is 6.98. The monoisotopic (exact) mass is 284 g/mol. The van der Waals surface area contributed by atoms with Crippen LogP contribution in [0.3, 0.4) is 0 Å². The fourth-order valence-electron chi connectivity index (χ4n) is 1.91. The van der Waals surface area contributed by atoms with Gasteiger partial charge in [0.2, 0.25) is 5.91 Å². The summed E-state index contributed by atoms with van der Waals surface area (Å²) in [7, 11) is 0. The number of anilines is 1. The van der Waals surface area contributed by atoms with Gasteiger partial charge >= 0.3 is 0 Å². The Bertz CT molecular complexity index is 464. The molecule has 1 amide bonds. The average Bonchev–Trinajstić information content (AvgIpc) is 2.69. The van der Waals surface area contributed by atoms with Crippen LogP contribution in [-0.4, -0.2) is 28.3 Å². The Labute approximate surface area is 115 Å². The minimum atomic E-state index is 0.0771. The van der Waals surface area contributed by atoms with Crippen LogP contribution in [0.25, 0.3) is 0 Å². The lowest BCUT2D eigenvalue weighted by atomic mass is 10.1. The number of aromatic nitrogens is 1. The van der Waals surface area contributed by atoms with Crippen LogP contribution >= 0.6 is 23.4 Å². The molecule has 2 heterocycles. The van der Waals surface area contributed by atoms with Crippen LogP contribution in [-0.2, 0) is 9.59 Å². The summed E-state index contributed by atoms with van der Waals surface area (Å²) in [5.41, 5.74) is 0.764. The predicted molar refractivity (Wildman–Crippen MR) is 72.8 cm³/mol. The van der Waals surface area contributed by atoms with Crippen LogP contribution in [0.1, 0.15) is 13.3 Å². The van der Waals surface area contributed by atoms with E-state index in [1.807, 2.05) is 0 Å². The lowest BCUT2D eigenvalue weighted by Crippen LogP contribution is -2.24. The van der Waals surface area contributed by atoms with E-state index in [4.69, 9.17) is 11.6 Å². The zero-order valence-electron chi connectivity index (χ0n) is 9.93. The van der Waals surface area contributed by atoms with Gasteiger partial charge in [-0.2, -0.15) is 0 Å². The molecule has 0 aliphatic carbocycles. The van der Waals surface area contributed by atoms with Crippen LogP contribution in [0.4, 0.5) is 5.69 Å². The summed E-state index contributed by atoms with van der Waals surface area (Å²) >= 11 is 6.99. The van der Waals surface area contributed by atoms with Crippen molar-refractivity contribution < 1.29 is 9.59 Å². The van der Waals surface area contributed by atoms with Crippen molar-refractivity contribution in [2.75, 3.05) is 17.2 Å². The third kappa shape index (κ3) is 3.23. The molecule has 0 bridgehead atoms. The van der Waals surface area contributed by atoms with Gasteiger partial charge in [0.05, 0.1) is 11.9 Å². The quantitative estimate of drug-likeness (QED) is 0.800. The molecule has 2 rings (SSSR count). The molecule has 0 radical (unpaired) electrons. The fraction of sp³-hybridized carbons (Fsp3) is 0.417. The van der Waals surface area contributed by atoms with Gasteiger partial charge in [0.1, 0.15) is 5.15 Å². The van der Waals surface area contributed by atoms with Gasteiger partial charge < -0.3 is 4.90 Å². The predicted octanol–water partition coefficient (Wildman–Crippen LogP) is 2.37. The first-order chi connectivity index (χ1) is 8.56. The third-order valence-corrected chi connectivity index (χ3v) is 4.02. The maximum absolute atomic E-state index is 11.9. The summed E-state index contributed by atoms with van der Waals surface area (Å²) in [6.07, 6.45) is 2.09. The van der Waals surface area contributed by atoms with Gasteiger partial charge in [-0.1, -0.05) is 23.4 Å². The Balaban J connectivity index is 2.00. The number of nitrogens with zero attached hydrogens (tertiary/aromatic N) is 2. The van der Waals surface area contributed by atoms with E-state index < -0.39 is 0 Å². The number of hydrogen-bond acceptors (Lipinski definition) is 4. The van der Waals surface area contributed by atoms with Gasteiger partial charge in [-0.3, -0.25) is 9.59 Å². The average molecular weight is 285 g/mol. The molecule has 0 N–H and O–H groups in total. The van der Waals surface area contributed by atoms with Gasteiger partial charge in [-0.15, -0.1) is 0 Å². The van der Waals surface area contributed by atoms with E-state index in [2.05, 4.69) is 4.98 Å². The Hall–Kier alpha value is -1.07. The molecule has 1 unspecified atom stereocenters. The molecule has 1 atom stereocenters. The minimum absolute atomic E-state index is 0.0771. The van der Waals surface area contributed by atoms with E-state index >= 15 is 0 Å². The van der Waals surface area contributed by atoms with Crippen molar-refractivity contribution in [3.05, 3.63) is 23.5 Å². The molecule has 0 aromatic carbocycles. The maximum atomic E-state index is 11.9. The highest BCUT2D eigenvalue weighted by molar-refractivity contribution is 8.13. The zero-order chi connectivity index (χ0) is 13.1. The highest BCUT2D eigenvalue weighted by Crippen LogP contribution is 2.27. The summed E-state index contributed by atoms with van der Waals surface area (Å²) in [5, 5.41) is 0.503. The number of carbonyl (C=O) groups excluding carboxylic acids is 2. The van der Waals surface area contributed by atoms with E-state index in [1.54, 1.807) is 30.2 Å². The Kier molecular flexibility index (Phi) is 4.24. The zero-order valence-corrected chi connectivity index (χ0v) is 11.5. The summed E-state index contributed by atoms with van der Waals surface area (Å²) in [6, 6.07) is 3.45. The Morgan fingerprint density at radius 3 is 3.00 bits per heavy atom. The summed E-state index contributed by atoms with van der Waals surface area (Å²) in [6.45, 7) is 2.19. The standard InChI is InChI=1S/C12H13ClN2O2S/c1-8(16)18-7-9-4-12(17)15(6-9)10-2-3-11(13)14-5-10/h2-3,5,9H,4,6-7H2,1H3. The van der Waals surface area contributed by atoms with Gasteiger partial charge in [-0.25, -0.2) is 4.98 Å². The second kappa shape index (κ2) is 5.71. The lowest BCUT2D eigenvalue weighted by molar-refractivity contribution is -0.117. The van der Waals surface area contributed by atoms with Crippen molar-refractivity contribution >= 4 is 40.1 Å². The van der Waals surface area contributed by atoms with Crippen molar-refractivity contribution in [2.45, 2.75) is 13.3 Å². The van der Waals surface area contributed by atoms with E-state index in [1.165, 1.54) is 11.8 Å². The second-order valence-electron chi connectivity index (χ2n) is 4.22. The van der Waals surface area contributed by atoms with Gasteiger partial charge in [0.25, 0.3) is 0 Å². The topological polar surface area (TPSA) is 50.3 Å². The number of pyridine rings is 1. The molecule has 1 fully saturated rings. The number of rotatable bonds is 3. The molecule has 0 saturated carbocycles. The second-order valence-corrected chi connectivity index (χ2v) is 5.80. The number of carbonyl (C=O) groups is 2. The highest BCUT2D eigenvalue weighted by Gasteiger charge is 2.30. The number of amides is 1. The van der Waals surface area contributed by atoms with Crippen LogP contribution < -0.4 is 4.90 Å². The van der Waals surface area contributed by atoms with Gasteiger partial charge in [0, 0.05) is 25.6 Å². The van der Waals surface area contributed by atoms with Crippen LogP contribution in [0.15, 0.2) is 18.3 Å². The number of halogens is 1. The third-order valence-electron chi connectivity index (χ3n) is 2.75. The van der Waals surface area contributed by atoms with E-state index in [0.717, 1.165) is 5.69 Å². The SMILES string of the molecule is CC(=O)SCC1CC(=O)N(c2ccc(Cl)nc2)C1. The van der Waals surface area contributed by atoms with Crippen LogP contribution in [0.5, 0.6) is 0 Å². The van der Waals surface area contributed by atoms with Crippen LogP contribution in [0.2, 0.25) is 5.15 Å². The van der Waals surface area contributed by atoms with Crippen molar-refractivity contribution in [1.82, 2.24) is 4.98 Å². The van der Waals surface area contributed by atoms with Crippen LogP contribution in [0, 0.1) is 5.92 Å². The lowest BCUT2D eigenvalue weighted by Gasteiger charge is -2.16. The smallest absolute Gasteiger partial charge is 0.227 e. The van der Waals surface area contributed by atoms with Crippen molar-refractivity contribution in [2.24, 2.45) is 5.92 Å². The molecule has 18 heavy (non-hydrogen) atoms. The molecule has 1 aromatic heterocycles. The molecule has 1 saturated heterocycles. The van der Waals surface area contributed by atoms with Gasteiger partial charge in [-0.05, 0) is 18.1 Å². The van der Waals surface area contributed by atoms with Crippen molar-refractivity contribution in [1.29, 1.82) is 0 Å². The summed E-state index contributed by atoms with van der Waals surface area (Å²) in [4.78, 5) is 28.5. The molecule has 1 aliphatic rings. The minimum Gasteiger partial charge on any atom is -0.311 e. The Morgan fingerprint density at radius 2 is 2.39 bits per heavy atom. The highest BCUT2D eigenvalue weighted by atomic mass is 35.5. The first kappa shape index (κ1) is 13.4. The summed E-state index contributed by atoms with van der Waals surface area (Å²) in [5.74, 6) is 0.994. The molecule has 0 spiro atoms. The van der Waals surface area contributed by atoms with Gasteiger partial charge in [0.15, 0.2) is 5.12 Å². The van der Waals surface area contributed by atoms with Crippen molar-refractivity contribution in [3.8, 4) is 0 Å². The largest absolute Gasteiger partial charge is 0.311 e. The molecule has 1 aromatic rings. The number of hydrogen-bond donors (Lipinski definition) is 0. The van der Waals surface area contributed by atoms with Crippen molar-refractivity contribution in [3.63, 3.8) is 0 Å². The Morgan fingerprint density at radius 1 is 1.61 bits per heavy atom. The normalized spacial score (nSPS) is 19.3. The molecule has 1 aliphatic heterocycles. The van der Waals surface area contributed by atoms with E-state index in [-0.39, 0.29) is 16.9 Å². The molecular weight excluding hydrogens is 272 g/mol. The maximum Gasteiger partial charge on any atom is 0.227 e. The van der Waals surface area contributed by atoms with E-state index in [0.29, 0.717) is 23.9 Å². The number of thioether (sulfide) groups is 1. The molecular formula is C12H13ClN2O2S. The molecule has 96 valence electrons. The van der Waals surface area contributed by atoms with E-state index in [9.17, 15) is 9.59 Å². The fourth-order valence-corrected chi connectivity index (χ4v) is 2.71. The molecule has 4 nitrogen and oxygen atoms in total.